The monoisotopic (exact) mass is 480 g/mol. The van der Waals surface area contributed by atoms with Crippen molar-refractivity contribution >= 4 is 33.8 Å². The molecule has 1 amide bonds. The van der Waals surface area contributed by atoms with Crippen LogP contribution in [0, 0.1) is 11.3 Å². The summed E-state index contributed by atoms with van der Waals surface area (Å²) in [6.45, 7) is 6.91. The maximum Gasteiger partial charge on any atom is 0.443 e. The van der Waals surface area contributed by atoms with Crippen molar-refractivity contribution in [3.63, 3.8) is 0 Å². The second-order valence-electron chi connectivity index (χ2n) is 9.25. The van der Waals surface area contributed by atoms with Crippen LogP contribution in [0.15, 0.2) is 23.7 Å². The minimum atomic E-state index is -4.58. The molecule has 1 N–H and O–H groups in total. The Morgan fingerprint density at radius 1 is 1.30 bits per heavy atom. The van der Waals surface area contributed by atoms with Gasteiger partial charge in [-0.3, -0.25) is 9.48 Å². The Balaban J connectivity index is 1.55. The highest BCUT2D eigenvalue weighted by molar-refractivity contribution is 7.10. The lowest BCUT2D eigenvalue weighted by molar-refractivity contribution is -0.137. The lowest BCUT2D eigenvalue weighted by atomic mass is 9.67. The van der Waals surface area contributed by atoms with Crippen LogP contribution in [0.4, 0.5) is 18.9 Å². The third-order valence-corrected chi connectivity index (χ3v) is 7.82. The van der Waals surface area contributed by atoms with E-state index in [1.165, 1.54) is 7.11 Å². The van der Waals surface area contributed by atoms with E-state index in [0.717, 1.165) is 42.0 Å². The Morgan fingerprint density at radius 2 is 2.00 bits per heavy atom. The Labute approximate surface area is 194 Å². The molecule has 33 heavy (non-hydrogen) atoms. The first-order valence-corrected chi connectivity index (χ1v) is 11.8. The van der Waals surface area contributed by atoms with Crippen LogP contribution in [0.1, 0.15) is 68.0 Å². The van der Waals surface area contributed by atoms with Crippen molar-refractivity contribution < 1.29 is 22.7 Å². The maximum atomic E-state index is 12.8. The molecule has 2 aromatic heterocycles. The van der Waals surface area contributed by atoms with E-state index in [-0.39, 0.29) is 5.69 Å². The van der Waals surface area contributed by atoms with E-state index < -0.39 is 17.1 Å². The Hall–Kier alpha value is -2.62. The van der Waals surface area contributed by atoms with E-state index in [1.807, 2.05) is 10.9 Å². The molecular weight excluding hydrogens is 453 g/mol. The molecule has 1 aliphatic rings. The van der Waals surface area contributed by atoms with Gasteiger partial charge in [0.2, 0.25) is 0 Å². The van der Waals surface area contributed by atoms with Gasteiger partial charge in [0, 0.05) is 23.0 Å². The molecule has 0 bridgehead atoms. The number of nitrogens with one attached hydrogen (secondary N) is 1. The second-order valence-corrected chi connectivity index (χ2v) is 10.1. The van der Waals surface area contributed by atoms with Crippen LogP contribution in [0.25, 0.3) is 10.9 Å². The van der Waals surface area contributed by atoms with Gasteiger partial charge in [0.1, 0.15) is 11.4 Å². The van der Waals surface area contributed by atoms with Crippen molar-refractivity contribution in [2.45, 2.75) is 58.7 Å². The van der Waals surface area contributed by atoms with Gasteiger partial charge >= 0.3 is 6.18 Å². The standard InChI is InChI=1S/C23H27F3N4O2S/c1-13(2)22(3)7-5-15(6-8-22)30-11-14-9-17(19(32-4)10-16(14)29-30)27-20(31)18-12-33-21(28-18)23(24,25)26/h9-13,15H,5-8H2,1-4H3,(H,27,31). The van der Waals surface area contributed by atoms with Crippen LogP contribution < -0.4 is 10.1 Å². The van der Waals surface area contributed by atoms with Crippen LogP contribution in [0.3, 0.4) is 0 Å². The average Bonchev–Trinajstić information content (AvgIpc) is 3.40. The number of ether oxygens (including phenoxy) is 1. The highest BCUT2D eigenvalue weighted by Crippen LogP contribution is 2.45. The molecule has 1 saturated carbocycles. The number of alkyl halides is 3. The number of hydrogen-bond acceptors (Lipinski definition) is 5. The van der Waals surface area contributed by atoms with E-state index >= 15 is 0 Å². The van der Waals surface area contributed by atoms with Crippen LogP contribution in [0.2, 0.25) is 0 Å². The van der Waals surface area contributed by atoms with Crippen molar-refractivity contribution in [1.82, 2.24) is 14.8 Å². The number of carbonyl (C=O) groups excluding carboxylic acids is 1. The minimum absolute atomic E-state index is 0.291. The van der Waals surface area contributed by atoms with E-state index in [0.29, 0.717) is 40.1 Å². The maximum absolute atomic E-state index is 12.8. The smallest absolute Gasteiger partial charge is 0.443 e. The van der Waals surface area contributed by atoms with Crippen LogP contribution >= 0.6 is 11.3 Å². The number of thiazole rings is 1. The number of halogens is 3. The summed E-state index contributed by atoms with van der Waals surface area (Å²) in [5.41, 5.74) is 1.15. The number of amides is 1. The summed E-state index contributed by atoms with van der Waals surface area (Å²) in [6, 6.07) is 3.77. The van der Waals surface area contributed by atoms with Gasteiger partial charge in [-0.05, 0) is 43.1 Å². The summed E-state index contributed by atoms with van der Waals surface area (Å²) in [5, 5.41) is 8.21. The number of anilines is 1. The number of fused-ring (bicyclic) bond motifs is 1. The minimum Gasteiger partial charge on any atom is -0.494 e. The molecule has 3 aromatic rings. The second kappa shape index (κ2) is 8.62. The lowest BCUT2D eigenvalue weighted by Crippen LogP contribution is -2.30. The summed E-state index contributed by atoms with van der Waals surface area (Å²) < 4.78 is 45.8. The number of hydrogen-bond donors (Lipinski definition) is 1. The van der Waals surface area contributed by atoms with Gasteiger partial charge in [-0.15, -0.1) is 11.3 Å². The first kappa shape index (κ1) is 23.5. The van der Waals surface area contributed by atoms with E-state index in [1.54, 1.807) is 12.1 Å². The van der Waals surface area contributed by atoms with E-state index in [4.69, 9.17) is 9.84 Å². The van der Waals surface area contributed by atoms with Gasteiger partial charge in [0.25, 0.3) is 5.91 Å². The summed E-state index contributed by atoms with van der Waals surface area (Å²) in [7, 11) is 1.46. The Kier molecular flexibility index (Phi) is 6.15. The van der Waals surface area contributed by atoms with Crippen molar-refractivity contribution in [2.75, 3.05) is 12.4 Å². The lowest BCUT2D eigenvalue weighted by Gasteiger charge is -2.40. The molecule has 1 fully saturated rings. The van der Waals surface area contributed by atoms with Gasteiger partial charge in [-0.1, -0.05) is 20.8 Å². The summed E-state index contributed by atoms with van der Waals surface area (Å²) in [5.74, 6) is 0.283. The molecular formula is C23H27F3N4O2S. The van der Waals surface area contributed by atoms with Gasteiger partial charge < -0.3 is 10.1 Å². The third kappa shape index (κ3) is 4.71. The van der Waals surface area contributed by atoms with Gasteiger partial charge in [-0.2, -0.15) is 18.3 Å². The third-order valence-electron chi connectivity index (χ3n) is 6.94. The predicted molar refractivity (Wildman–Crippen MR) is 122 cm³/mol. The predicted octanol–water partition coefficient (Wildman–Crippen LogP) is 6.55. The zero-order valence-corrected chi connectivity index (χ0v) is 19.8. The van der Waals surface area contributed by atoms with Gasteiger partial charge in [0.05, 0.1) is 24.4 Å². The highest BCUT2D eigenvalue weighted by atomic mass is 32.1. The van der Waals surface area contributed by atoms with Crippen LogP contribution in [0.5, 0.6) is 5.75 Å². The Bertz CT molecular complexity index is 1160. The molecule has 1 aliphatic carbocycles. The van der Waals surface area contributed by atoms with Crippen molar-refractivity contribution in [1.29, 1.82) is 0 Å². The summed E-state index contributed by atoms with van der Waals surface area (Å²) in [6.07, 6.45) is 1.76. The molecule has 6 nitrogen and oxygen atoms in total. The molecule has 4 rings (SSSR count). The average molecular weight is 481 g/mol. The van der Waals surface area contributed by atoms with Crippen molar-refractivity contribution in [3.8, 4) is 5.75 Å². The first-order chi connectivity index (χ1) is 15.5. The first-order valence-electron chi connectivity index (χ1n) is 10.9. The van der Waals surface area contributed by atoms with E-state index in [2.05, 4.69) is 31.1 Å². The topological polar surface area (TPSA) is 69.0 Å². The van der Waals surface area contributed by atoms with Crippen molar-refractivity contribution in [2.24, 2.45) is 11.3 Å². The molecule has 10 heteroatoms. The largest absolute Gasteiger partial charge is 0.494 e. The molecule has 0 aliphatic heterocycles. The molecule has 0 unspecified atom stereocenters. The van der Waals surface area contributed by atoms with Gasteiger partial charge in [-0.25, -0.2) is 4.98 Å². The number of rotatable bonds is 5. The van der Waals surface area contributed by atoms with Crippen LogP contribution in [-0.2, 0) is 6.18 Å². The fraction of sp³-hybridized carbons (Fsp3) is 0.522. The molecule has 2 heterocycles. The molecule has 1 aromatic carbocycles. The summed E-state index contributed by atoms with van der Waals surface area (Å²) >= 11 is 0.387. The quantitative estimate of drug-likeness (QED) is 0.450. The molecule has 178 valence electrons. The zero-order chi connectivity index (χ0) is 24.0. The number of carbonyl (C=O) groups is 1. The Morgan fingerprint density at radius 3 is 2.58 bits per heavy atom. The molecule has 0 spiro atoms. The van der Waals surface area contributed by atoms with Gasteiger partial charge in [0.15, 0.2) is 5.01 Å². The fourth-order valence-electron chi connectivity index (χ4n) is 4.32. The zero-order valence-electron chi connectivity index (χ0n) is 19.0. The SMILES string of the molecule is COc1cc2nn(C3CCC(C)(C(C)C)CC3)cc2cc1NC(=O)c1csc(C(F)(F)F)n1. The number of nitrogens with zero attached hydrogens (tertiary/aromatic N) is 3. The molecule has 0 atom stereocenters. The number of aromatic nitrogens is 3. The molecule has 0 radical (unpaired) electrons. The fourth-order valence-corrected chi connectivity index (χ4v) is 4.99. The number of methoxy groups -OCH3 is 1. The summed E-state index contributed by atoms with van der Waals surface area (Å²) in [4.78, 5) is 15.9. The number of benzene rings is 1. The van der Waals surface area contributed by atoms with Crippen molar-refractivity contribution in [3.05, 3.63) is 34.4 Å². The molecule has 0 saturated heterocycles. The highest BCUT2D eigenvalue weighted by Gasteiger charge is 2.36. The van der Waals surface area contributed by atoms with Crippen LogP contribution in [-0.4, -0.2) is 27.8 Å². The normalized spacial score (nSPS) is 21.5. The van der Waals surface area contributed by atoms with E-state index in [9.17, 15) is 18.0 Å².